The molecule has 0 fully saturated rings. The zero-order valence-corrected chi connectivity index (χ0v) is 15.3. The number of rotatable bonds is 9. The Hall–Kier alpha value is -3.15. The molecule has 0 saturated heterocycles. The highest BCUT2D eigenvalue weighted by Gasteiger charge is 2.08. The molecule has 1 amide bonds. The summed E-state index contributed by atoms with van der Waals surface area (Å²) in [6, 6.07) is 12.6. The van der Waals surface area contributed by atoms with Crippen LogP contribution in [0, 0.1) is 0 Å². The molecule has 0 aliphatic carbocycles. The first-order valence-corrected chi connectivity index (χ1v) is 8.15. The average molecular weight is 356 g/mol. The Morgan fingerprint density at radius 3 is 2.58 bits per heavy atom. The standard InChI is InChI=1S/C20H24N2O4/c1-14(2)13-26-17-7-5-6-15(10-17)22-20(23)12-21-18-11-16(24-3)8-9-19(18)25-4/h5-11,21H,1,12-13H2,2-4H3,(H,22,23). The van der Waals surface area contributed by atoms with Crippen LogP contribution < -0.4 is 24.8 Å². The molecule has 0 heterocycles. The number of carbonyl (C=O) groups is 1. The van der Waals surface area contributed by atoms with Crippen LogP contribution in [-0.2, 0) is 4.79 Å². The van der Waals surface area contributed by atoms with E-state index in [4.69, 9.17) is 14.2 Å². The number of nitrogens with one attached hydrogen (secondary N) is 2. The van der Waals surface area contributed by atoms with E-state index in [0.29, 0.717) is 35.2 Å². The monoisotopic (exact) mass is 356 g/mol. The Balaban J connectivity index is 1.95. The van der Waals surface area contributed by atoms with Crippen LogP contribution in [0.4, 0.5) is 11.4 Å². The van der Waals surface area contributed by atoms with Crippen molar-refractivity contribution in [2.75, 3.05) is 38.0 Å². The number of methoxy groups -OCH3 is 2. The molecule has 2 rings (SSSR count). The summed E-state index contributed by atoms with van der Waals surface area (Å²) in [5, 5.41) is 5.88. The van der Waals surface area contributed by atoms with Crippen LogP contribution >= 0.6 is 0 Å². The largest absolute Gasteiger partial charge is 0.497 e. The first-order chi connectivity index (χ1) is 12.5. The summed E-state index contributed by atoms with van der Waals surface area (Å²) in [7, 11) is 3.16. The van der Waals surface area contributed by atoms with Gasteiger partial charge >= 0.3 is 0 Å². The maximum absolute atomic E-state index is 12.2. The number of anilines is 2. The third-order valence-corrected chi connectivity index (χ3v) is 3.45. The molecule has 0 aromatic heterocycles. The van der Waals surface area contributed by atoms with Crippen LogP contribution in [0.25, 0.3) is 0 Å². The topological polar surface area (TPSA) is 68.8 Å². The molecule has 0 unspecified atom stereocenters. The molecule has 2 N–H and O–H groups in total. The van der Waals surface area contributed by atoms with Crippen LogP contribution in [0.15, 0.2) is 54.6 Å². The molecule has 138 valence electrons. The van der Waals surface area contributed by atoms with Crippen LogP contribution in [0.5, 0.6) is 17.2 Å². The van der Waals surface area contributed by atoms with E-state index in [1.54, 1.807) is 44.6 Å². The lowest BCUT2D eigenvalue weighted by Gasteiger charge is -2.13. The van der Waals surface area contributed by atoms with E-state index in [0.717, 1.165) is 5.57 Å². The fourth-order valence-electron chi connectivity index (χ4n) is 2.20. The Kier molecular flexibility index (Phi) is 6.91. The average Bonchev–Trinajstić information content (AvgIpc) is 2.64. The molecular formula is C20H24N2O4. The second-order valence-corrected chi connectivity index (χ2v) is 5.74. The number of hydrogen-bond donors (Lipinski definition) is 2. The minimum Gasteiger partial charge on any atom is -0.497 e. The van der Waals surface area contributed by atoms with Gasteiger partial charge in [0.1, 0.15) is 23.9 Å². The molecular weight excluding hydrogens is 332 g/mol. The van der Waals surface area contributed by atoms with Crippen LogP contribution in [0.2, 0.25) is 0 Å². The summed E-state index contributed by atoms with van der Waals surface area (Å²) < 4.78 is 16.1. The van der Waals surface area contributed by atoms with Gasteiger partial charge in [0.2, 0.25) is 5.91 Å². The lowest BCUT2D eigenvalue weighted by atomic mass is 10.2. The third-order valence-electron chi connectivity index (χ3n) is 3.45. The van der Waals surface area contributed by atoms with Gasteiger partial charge in [-0.05, 0) is 36.8 Å². The summed E-state index contributed by atoms with van der Waals surface area (Å²) >= 11 is 0. The SMILES string of the molecule is C=C(C)COc1cccc(NC(=O)CNc2cc(OC)ccc2OC)c1. The smallest absolute Gasteiger partial charge is 0.243 e. The van der Waals surface area contributed by atoms with Gasteiger partial charge in [0, 0.05) is 17.8 Å². The second-order valence-electron chi connectivity index (χ2n) is 5.74. The van der Waals surface area contributed by atoms with Gasteiger partial charge in [-0.2, -0.15) is 0 Å². The number of carbonyl (C=O) groups excluding carboxylic acids is 1. The predicted octanol–water partition coefficient (Wildman–Crippen LogP) is 3.71. The van der Waals surface area contributed by atoms with Crippen molar-refractivity contribution in [3.8, 4) is 17.2 Å². The molecule has 0 atom stereocenters. The number of amides is 1. The number of hydrogen-bond acceptors (Lipinski definition) is 5. The van der Waals surface area contributed by atoms with Crippen molar-refractivity contribution in [1.82, 2.24) is 0 Å². The lowest BCUT2D eigenvalue weighted by molar-refractivity contribution is -0.114. The molecule has 2 aromatic carbocycles. The van der Waals surface area contributed by atoms with E-state index >= 15 is 0 Å². The van der Waals surface area contributed by atoms with Crippen molar-refractivity contribution in [3.63, 3.8) is 0 Å². The van der Waals surface area contributed by atoms with Crippen molar-refractivity contribution in [2.24, 2.45) is 0 Å². The van der Waals surface area contributed by atoms with Gasteiger partial charge in [0.15, 0.2) is 0 Å². The molecule has 0 aliphatic rings. The van der Waals surface area contributed by atoms with Crippen LogP contribution in [-0.4, -0.2) is 33.3 Å². The van der Waals surface area contributed by atoms with Gasteiger partial charge in [-0.15, -0.1) is 0 Å². The summed E-state index contributed by atoms with van der Waals surface area (Å²) in [5.74, 6) is 1.80. The molecule has 0 radical (unpaired) electrons. The first kappa shape index (κ1) is 19.2. The van der Waals surface area contributed by atoms with Crippen molar-refractivity contribution in [2.45, 2.75) is 6.92 Å². The molecule has 0 aliphatic heterocycles. The Morgan fingerprint density at radius 2 is 1.88 bits per heavy atom. The summed E-state index contributed by atoms with van der Waals surface area (Å²) in [5.41, 5.74) is 2.27. The van der Waals surface area contributed by atoms with E-state index in [2.05, 4.69) is 17.2 Å². The van der Waals surface area contributed by atoms with Gasteiger partial charge in [-0.3, -0.25) is 4.79 Å². The number of benzene rings is 2. The number of ether oxygens (including phenoxy) is 3. The molecule has 2 aromatic rings. The van der Waals surface area contributed by atoms with E-state index in [1.165, 1.54) is 0 Å². The van der Waals surface area contributed by atoms with Gasteiger partial charge < -0.3 is 24.8 Å². The quantitative estimate of drug-likeness (QED) is 0.671. The summed E-state index contributed by atoms with van der Waals surface area (Å²) in [6.45, 7) is 6.21. The molecule has 0 spiro atoms. The minimum atomic E-state index is -0.188. The van der Waals surface area contributed by atoms with E-state index in [-0.39, 0.29) is 12.5 Å². The predicted molar refractivity (Wildman–Crippen MR) is 103 cm³/mol. The van der Waals surface area contributed by atoms with Crippen molar-refractivity contribution >= 4 is 17.3 Å². The van der Waals surface area contributed by atoms with E-state index in [9.17, 15) is 4.79 Å². The highest BCUT2D eigenvalue weighted by Crippen LogP contribution is 2.28. The van der Waals surface area contributed by atoms with Crippen molar-refractivity contribution in [3.05, 3.63) is 54.6 Å². The first-order valence-electron chi connectivity index (χ1n) is 8.15. The molecule has 0 saturated carbocycles. The molecule has 0 bridgehead atoms. The Morgan fingerprint density at radius 1 is 1.08 bits per heavy atom. The van der Waals surface area contributed by atoms with Gasteiger partial charge in [0.05, 0.1) is 26.5 Å². The highest BCUT2D eigenvalue weighted by molar-refractivity contribution is 5.94. The zero-order valence-electron chi connectivity index (χ0n) is 15.3. The zero-order chi connectivity index (χ0) is 18.9. The van der Waals surface area contributed by atoms with Crippen molar-refractivity contribution < 1.29 is 19.0 Å². The lowest BCUT2D eigenvalue weighted by Crippen LogP contribution is -2.22. The maximum atomic E-state index is 12.2. The normalized spacial score (nSPS) is 9.96. The van der Waals surface area contributed by atoms with Crippen molar-refractivity contribution in [1.29, 1.82) is 0 Å². The summed E-state index contributed by atoms with van der Waals surface area (Å²) in [4.78, 5) is 12.2. The van der Waals surface area contributed by atoms with Crippen LogP contribution in [0.1, 0.15) is 6.92 Å². The molecule has 6 heteroatoms. The highest BCUT2D eigenvalue weighted by atomic mass is 16.5. The molecule has 6 nitrogen and oxygen atoms in total. The van der Waals surface area contributed by atoms with Gasteiger partial charge in [-0.25, -0.2) is 0 Å². The fourth-order valence-corrected chi connectivity index (χ4v) is 2.20. The minimum absolute atomic E-state index is 0.0837. The fraction of sp³-hybridized carbons (Fsp3) is 0.250. The maximum Gasteiger partial charge on any atom is 0.243 e. The second kappa shape index (κ2) is 9.36. The van der Waals surface area contributed by atoms with E-state index < -0.39 is 0 Å². The van der Waals surface area contributed by atoms with Gasteiger partial charge in [-0.1, -0.05) is 12.6 Å². The van der Waals surface area contributed by atoms with Gasteiger partial charge in [0.25, 0.3) is 0 Å². The van der Waals surface area contributed by atoms with E-state index in [1.807, 2.05) is 19.1 Å². The molecule has 26 heavy (non-hydrogen) atoms. The third kappa shape index (κ3) is 5.73. The Bertz CT molecular complexity index is 774. The Labute approximate surface area is 153 Å². The summed E-state index contributed by atoms with van der Waals surface area (Å²) in [6.07, 6.45) is 0. The van der Waals surface area contributed by atoms with Crippen LogP contribution in [0.3, 0.4) is 0 Å².